The van der Waals surface area contributed by atoms with Crippen LogP contribution in [0, 0.1) is 0 Å². The maximum atomic E-state index is 12.4. The molecule has 0 radical (unpaired) electrons. The fraction of sp³-hybridized carbons (Fsp3) is 0.355. The third kappa shape index (κ3) is 9.60. The molecule has 1 aromatic heterocycles. The summed E-state index contributed by atoms with van der Waals surface area (Å²) in [7, 11) is 0. The Morgan fingerprint density at radius 3 is 2.28 bits per heavy atom. The molecule has 1 fully saturated rings. The quantitative estimate of drug-likeness (QED) is 0.0726. The van der Waals surface area contributed by atoms with Gasteiger partial charge in [0.2, 0.25) is 11.8 Å². The zero-order chi connectivity index (χ0) is 30.6. The molecule has 43 heavy (non-hydrogen) atoms. The van der Waals surface area contributed by atoms with Crippen molar-refractivity contribution >= 4 is 35.2 Å². The van der Waals surface area contributed by atoms with Crippen molar-refractivity contribution in [2.45, 2.75) is 68.7 Å². The molecule has 0 spiro atoms. The Balaban J connectivity index is 1.40. The SMILES string of the molecule is O=C(CCCCCC(=O)Nc1ccc([C@@H]2O[C@H](CSc3ncccc3C(=O)O)C[C@H](c3ccc(CO)cc3)O2)cc1)NO. The van der Waals surface area contributed by atoms with Gasteiger partial charge in [-0.3, -0.25) is 14.8 Å². The number of pyridine rings is 1. The standard InChI is InChI=1S/C31H35N3O8S/c35-18-20-8-10-21(11-9-20)26-17-24(19-43-29-25(30(38)39)5-4-16-32-29)41-31(42-26)22-12-14-23(15-13-22)33-27(36)6-2-1-3-7-28(37)34-40/h4-5,8-16,24,26,31,35,40H,1-3,6-7,17-19H2,(H,33,36)(H,34,37)(H,38,39)/t24-,26+,31+/m0/s1. The van der Waals surface area contributed by atoms with Crippen molar-refractivity contribution in [1.82, 2.24) is 10.5 Å². The van der Waals surface area contributed by atoms with Gasteiger partial charge in [-0.2, -0.15) is 0 Å². The molecule has 2 aromatic carbocycles. The van der Waals surface area contributed by atoms with Crippen LogP contribution in [-0.2, 0) is 25.7 Å². The molecular weight excluding hydrogens is 574 g/mol. The minimum Gasteiger partial charge on any atom is -0.478 e. The zero-order valence-electron chi connectivity index (χ0n) is 23.5. The van der Waals surface area contributed by atoms with E-state index in [4.69, 9.17) is 14.7 Å². The molecule has 5 N–H and O–H groups in total. The first kappa shape index (κ1) is 32.1. The molecule has 2 heterocycles. The molecule has 2 amide bonds. The van der Waals surface area contributed by atoms with Gasteiger partial charge >= 0.3 is 5.97 Å². The van der Waals surface area contributed by atoms with Gasteiger partial charge < -0.3 is 25.0 Å². The number of carbonyl (C=O) groups excluding carboxylic acids is 2. The fourth-order valence-corrected chi connectivity index (χ4v) is 5.62. The predicted octanol–water partition coefficient (Wildman–Crippen LogP) is 5.00. The van der Waals surface area contributed by atoms with Gasteiger partial charge in [-0.25, -0.2) is 15.3 Å². The summed E-state index contributed by atoms with van der Waals surface area (Å²) in [5, 5.41) is 30.8. The number of aliphatic hydroxyl groups excluding tert-OH is 1. The van der Waals surface area contributed by atoms with Crippen LogP contribution in [0.25, 0.3) is 0 Å². The van der Waals surface area contributed by atoms with Crippen molar-refractivity contribution in [3.63, 3.8) is 0 Å². The Kier molecular flexibility index (Phi) is 12.1. The third-order valence-corrected chi connectivity index (χ3v) is 8.06. The first-order valence-electron chi connectivity index (χ1n) is 14.0. The van der Waals surface area contributed by atoms with Crippen LogP contribution < -0.4 is 10.8 Å². The number of benzene rings is 2. The monoisotopic (exact) mass is 609 g/mol. The van der Waals surface area contributed by atoms with Crippen LogP contribution in [0.2, 0.25) is 0 Å². The number of hydrogen-bond acceptors (Lipinski definition) is 9. The lowest BCUT2D eigenvalue weighted by Gasteiger charge is -2.36. The zero-order valence-corrected chi connectivity index (χ0v) is 24.3. The summed E-state index contributed by atoms with van der Waals surface area (Å²) in [4.78, 5) is 39.3. The molecule has 12 heteroatoms. The average Bonchev–Trinajstić information content (AvgIpc) is 3.03. The number of carboxylic acid groups (broad SMARTS) is 1. The molecule has 3 atom stereocenters. The van der Waals surface area contributed by atoms with Crippen LogP contribution >= 0.6 is 11.8 Å². The van der Waals surface area contributed by atoms with Gasteiger partial charge in [-0.15, -0.1) is 11.8 Å². The lowest BCUT2D eigenvalue weighted by molar-refractivity contribution is -0.245. The van der Waals surface area contributed by atoms with E-state index >= 15 is 0 Å². The minimum absolute atomic E-state index is 0.0565. The van der Waals surface area contributed by atoms with E-state index in [1.165, 1.54) is 17.8 Å². The lowest BCUT2D eigenvalue weighted by atomic mass is 10.0. The maximum Gasteiger partial charge on any atom is 0.338 e. The molecule has 3 aromatic rings. The number of carboxylic acids is 1. The van der Waals surface area contributed by atoms with E-state index in [2.05, 4.69) is 10.3 Å². The number of hydrogen-bond donors (Lipinski definition) is 5. The Morgan fingerprint density at radius 1 is 0.907 bits per heavy atom. The molecule has 0 aliphatic carbocycles. The molecule has 1 aliphatic rings. The van der Waals surface area contributed by atoms with Crippen LogP contribution in [0.15, 0.2) is 71.9 Å². The first-order valence-corrected chi connectivity index (χ1v) is 15.0. The second-order valence-corrected chi connectivity index (χ2v) is 11.1. The van der Waals surface area contributed by atoms with Crippen LogP contribution in [0.4, 0.5) is 5.69 Å². The van der Waals surface area contributed by atoms with Crippen molar-refractivity contribution in [3.05, 3.63) is 89.1 Å². The largest absolute Gasteiger partial charge is 0.478 e. The highest BCUT2D eigenvalue weighted by molar-refractivity contribution is 7.99. The third-order valence-electron chi connectivity index (χ3n) is 6.92. The number of aliphatic hydroxyl groups is 1. The molecule has 11 nitrogen and oxygen atoms in total. The summed E-state index contributed by atoms with van der Waals surface area (Å²) in [6.07, 6.45) is 3.24. The maximum absolute atomic E-state index is 12.4. The number of thioether (sulfide) groups is 1. The number of amides is 2. The van der Waals surface area contributed by atoms with Gasteiger partial charge in [0.1, 0.15) is 5.03 Å². The van der Waals surface area contributed by atoms with Crippen LogP contribution in [-0.4, -0.2) is 50.0 Å². The minimum atomic E-state index is -1.04. The van der Waals surface area contributed by atoms with Crippen LogP contribution in [0.3, 0.4) is 0 Å². The number of aromatic nitrogens is 1. The molecular formula is C31H35N3O8S. The summed E-state index contributed by atoms with van der Waals surface area (Å²) in [5.74, 6) is -1.15. The van der Waals surface area contributed by atoms with E-state index in [0.717, 1.165) is 16.7 Å². The second-order valence-electron chi connectivity index (χ2n) is 10.1. The van der Waals surface area contributed by atoms with Crippen molar-refractivity contribution < 1.29 is 39.3 Å². The molecule has 0 unspecified atom stereocenters. The Bertz CT molecular complexity index is 1370. The topological polar surface area (TPSA) is 167 Å². The Hall–Kier alpha value is -3.81. The van der Waals surface area contributed by atoms with Crippen molar-refractivity contribution in [2.75, 3.05) is 11.1 Å². The van der Waals surface area contributed by atoms with Gasteiger partial charge in [0.15, 0.2) is 6.29 Å². The van der Waals surface area contributed by atoms with Gasteiger partial charge in [-0.05, 0) is 48.2 Å². The lowest BCUT2D eigenvalue weighted by Crippen LogP contribution is -2.31. The predicted molar refractivity (Wildman–Crippen MR) is 158 cm³/mol. The summed E-state index contributed by atoms with van der Waals surface area (Å²) in [6, 6.07) is 17.9. The average molecular weight is 610 g/mol. The second kappa shape index (κ2) is 16.1. The Labute approximate surface area is 253 Å². The summed E-state index contributed by atoms with van der Waals surface area (Å²) in [6.45, 7) is -0.0565. The number of aromatic carboxylic acids is 1. The summed E-state index contributed by atoms with van der Waals surface area (Å²) < 4.78 is 12.7. The van der Waals surface area contributed by atoms with Gasteiger partial charge in [0.25, 0.3) is 0 Å². The number of rotatable bonds is 14. The van der Waals surface area contributed by atoms with E-state index in [9.17, 15) is 24.6 Å². The van der Waals surface area contributed by atoms with Crippen LogP contribution in [0.5, 0.6) is 0 Å². The summed E-state index contributed by atoms with van der Waals surface area (Å²) in [5.41, 5.74) is 4.85. The van der Waals surface area contributed by atoms with Gasteiger partial charge in [-0.1, -0.05) is 42.8 Å². The molecule has 228 valence electrons. The fourth-order valence-electron chi connectivity index (χ4n) is 4.61. The molecule has 4 rings (SSSR count). The molecule has 0 bridgehead atoms. The highest BCUT2D eigenvalue weighted by Crippen LogP contribution is 2.39. The number of hydroxylamine groups is 1. The van der Waals surface area contributed by atoms with Gasteiger partial charge in [0.05, 0.1) is 24.4 Å². The van der Waals surface area contributed by atoms with Crippen molar-refractivity contribution in [3.8, 4) is 0 Å². The highest BCUT2D eigenvalue weighted by atomic mass is 32.2. The Morgan fingerprint density at radius 2 is 1.60 bits per heavy atom. The summed E-state index contributed by atoms with van der Waals surface area (Å²) >= 11 is 1.32. The normalized spacial score (nSPS) is 18.1. The number of unbranched alkanes of at least 4 members (excludes halogenated alkanes) is 2. The number of ether oxygens (including phenoxy) is 2. The van der Waals surface area contributed by atoms with Crippen LogP contribution in [0.1, 0.15) is 78.0 Å². The van der Waals surface area contributed by atoms with E-state index < -0.39 is 18.2 Å². The van der Waals surface area contributed by atoms with Crippen molar-refractivity contribution in [2.24, 2.45) is 0 Å². The number of nitrogens with one attached hydrogen (secondary N) is 2. The molecule has 1 aliphatic heterocycles. The number of nitrogens with zero attached hydrogens (tertiary/aromatic N) is 1. The molecule has 1 saturated heterocycles. The number of anilines is 1. The van der Waals surface area contributed by atoms with E-state index in [0.29, 0.717) is 48.6 Å². The van der Waals surface area contributed by atoms with Crippen molar-refractivity contribution in [1.29, 1.82) is 0 Å². The smallest absolute Gasteiger partial charge is 0.338 e. The van der Waals surface area contributed by atoms with E-state index in [-0.39, 0.29) is 36.7 Å². The van der Waals surface area contributed by atoms with Gasteiger partial charge in [0, 0.05) is 42.5 Å². The van der Waals surface area contributed by atoms with E-state index in [1.54, 1.807) is 29.9 Å². The first-order chi connectivity index (χ1) is 20.9. The number of carbonyl (C=O) groups is 3. The van der Waals surface area contributed by atoms with E-state index in [1.807, 2.05) is 36.4 Å². The molecule has 0 saturated carbocycles. The highest BCUT2D eigenvalue weighted by Gasteiger charge is 2.32.